The van der Waals surface area contributed by atoms with Crippen molar-refractivity contribution in [3.63, 3.8) is 0 Å². The number of carbonyl (C=O) groups excluding carboxylic acids is 1. The van der Waals surface area contributed by atoms with E-state index in [1.54, 1.807) is 0 Å². The van der Waals surface area contributed by atoms with Gasteiger partial charge in [0.15, 0.2) is 0 Å². The predicted octanol–water partition coefficient (Wildman–Crippen LogP) is 2.41. The van der Waals surface area contributed by atoms with Crippen LogP contribution in [0.25, 0.3) is 0 Å². The maximum absolute atomic E-state index is 12.4. The third kappa shape index (κ3) is 4.66. The molecule has 0 unspecified atom stereocenters. The monoisotopic (exact) mass is 240 g/mol. The van der Waals surface area contributed by atoms with E-state index in [4.69, 9.17) is 0 Å². The molecule has 0 radical (unpaired) electrons. The molecule has 1 amide bonds. The smallest absolute Gasteiger partial charge is 0.227 e. The normalized spacial score (nSPS) is 20.6. The van der Waals surface area contributed by atoms with Gasteiger partial charge in [0.2, 0.25) is 5.91 Å². The molecule has 100 valence electrons. The minimum absolute atomic E-state index is 0.216. The number of hydrogen-bond donors (Lipinski definition) is 1. The highest BCUT2D eigenvalue weighted by atomic mass is 16.2. The fourth-order valence-corrected chi connectivity index (χ4v) is 2.45. The highest BCUT2D eigenvalue weighted by Gasteiger charge is 2.26. The van der Waals surface area contributed by atoms with Crippen LogP contribution in [0.5, 0.6) is 0 Å². The van der Waals surface area contributed by atoms with Gasteiger partial charge in [-0.2, -0.15) is 0 Å². The first kappa shape index (κ1) is 14.5. The molecule has 0 aromatic rings. The standard InChI is InChI=1S/C14H28N2O/c1-4-5-6-10-16(12(2)3)14(17)13-8-7-9-15-11-13/h12-13,15H,4-11H2,1-3H3/t13-/m0/s1. The molecule has 1 rings (SSSR count). The molecule has 1 N–H and O–H groups in total. The molecule has 1 aliphatic rings. The summed E-state index contributed by atoms with van der Waals surface area (Å²) in [6.07, 6.45) is 5.77. The maximum atomic E-state index is 12.4. The van der Waals surface area contributed by atoms with Crippen molar-refractivity contribution in [2.24, 2.45) is 5.92 Å². The highest BCUT2D eigenvalue weighted by molar-refractivity contribution is 5.79. The lowest BCUT2D eigenvalue weighted by Crippen LogP contribution is -2.46. The van der Waals surface area contributed by atoms with Crippen LogP contribution in [-0.2, 0) is 4.79 Å². The maximum Gasteiger partial charge on any atom is 0.227 e. The van der Waals surface area contributed by atoms with Crippen LogP contribution in [0.3, 0.4) is 0 Å². The van der Waals surface area contributed by atoms with Gasteiger partial charge >= 0.3 is 0 Å². The summed E-state index contributed by atoms with van der Waals surface area (Å²) in [4.78, 5) is 14.5. The van der Waals surface area contributed by atoms with Gasteiger partial charge in [-0.15, -0.1) is 0 Å². The van der Waals surface area contributed by atoms with Crippen molar-refractivity contribution < 1.29 is 4.79 Å². The van der Waals surface area contributed by atoms with Gasteiger partial charge in [0, 0.05) is 19.1 Å². The van der Waals surface area contributed by atoms with Gasteiger partial charge in [-0.1, -0.05) is 19.8 Å². The first-order valence-electron chi connectivity index (χ1n) is 7.18. The molecule has 1 atom stereocenters. The lowest BCUT2D eigenvalue weighted by atomic mass is 9.97. The van der Waals surface area contributed by atoms with Crippen LogP contribution in [0.4, 0.5) is 0 Å². The van der Waals surface area contributed by atoms with Crippen molar-refractivity contribution in [3.8, 4) is 0 Å². The average molecular weight is 240 g/mol. The molecule has 0 saturated carbocycles. The number of hydrogen-bond acceptors (Lipinski definition) is 2. The van der Waals surface area contributed by atoms with E-state index in [1.807, 2.05) is 0 Å². The second kappa shape index (κ2) is 7.70. The van der Waals surface area contributed by atoms with E-state index in [0.29, 0.717) is 11.9 Å². The SMILES string of the molecule is CCCCCN(C(=O)[C@H]1CCCNC1)C(C)C. The fourth-order valence-electron chi connectivity index (χ4n) is 2.45. The number of piperidine rings is 1. The molecule has 0 aromatic heterocycles. The van der Waals surface area contributed by atoms with E-state index in [-0.39, 0.29) is 5.92 Å². The molecule has 1 saturated heterocycles. The lowest BCUT2D eigenvalue weighted by molar-refractivity contribution is -0.137. The molecular weight excluding hydrogens is 212 g/mol. The Morgan fingerprint density at radius 1 is 1.41 bits per heavy atom. The number of carbonyl (C=O) groups is 1. The molecular formula is C14H28N2O. The zero-order valence-corrected chi connectivity index (χ0v) is 11.7. The van der Waals surface area contributed by atoms with Gasteiger partial charge in [0.1, 0.15) is 0 Å². The summed E-state index contributed by atoms with van der Waals surface area (Å²) in [5.74, 6) is 0.580. The van der Waals surface area contributed by atoms with Gasteiger partial charge in [-0.3, -0.25) is 4.79 Å². The van der Waals surface area contributed by atoms with Gasteiger partial charge in [0.25, 0.3) is 0 Å². The second-order valence-corrected chi connectivity index (χ2v) is 5.38. The van der Waals surface area contributed by atoms with Crippen molar-refractivity contribution in [1.29, 1.82) is 0 Å². The van der Waals surface area contributed by atoms with Crippen LogP contribution in [0.15, 0.2) is 0 Å². The third-order valence-electron chi connectivity index (χ3n) is 3.56. The molecule has 1 fully saturated rings. The minimum Gasteiger partial charge on any atom is -0.340 e. The van der Waals surface area contributed by atoms with E-state index in [2.05, 4.69) is 31.0 Å². The summed E-state index contributed by atoms with van der Waals surface area (Å²) in [7, 11) is 0. The van der Waals surface area contributed by atoms with Gasteiger partial charge in [-0.05, 0) is 39.7 Å². The zero-order valence-electron chi connectivity index (χ0n) is 11.7. The summed E-state index contributed by atoms with van der Waals surface area (Å²) < 4.78 is 0. The van der Waals surface area contributed by atoms with Crippen molar-refractivity contribution in [2.75, 3.05) is 19.6 Å². The quantitative estimate of drug-likeness (QED) is 0.723. The molecule has 0 bridgehead atoms. The van der Waals surface area contributed by atoms with Crippen molar-refractivity contribution >= 4 is 5.91 Å². The Hall–Kier alpha value is -0.570. The number of nitrogens with one attached hydrogen (secondary N) is 1. The molecule has 3 nitrogen and oxygen atoms in total. The summed E-state index contributed by atoms with van der Waals surface area (Å²) in [5.41, 5.74) is 0. The molecule has 1 aliphatic heterocycles. The largest absolute Gasteiger partial charge is 0.340 e. The van der Waals surface area contributed by atoms with Crippen LogP contribution in [-0.4, -0.2) is 36.5 Å². The number of rotatable bonds is 6. The second-order valence-electron chi connectivity index (χ2n) is 5.38. The van der Waals surface area contributed by atoms with E-state index in [1.165, 1.54) is 12.8 Å². The van der Waals surface area contributed by atoms with Gasteiger partial charge in [-0.25, -0.2) is 0 Å². The first-order valence-corrected chi connectivity index (χ1v) is 7.18. The summed E-state index contributed by atoms with van der Waals surface area (Å²) in [5, 5.41) is 3.33. The molecule has 1 heterocycles. The molecule has 0 aromatic carbocycles. The third-order valence-corrected chi connectivity index (χ3v) is 3.56. The minimum atomic E-state index is 0.216. The Kier molecular flexibility index (Phi) is 6.56. The Morgan fingerprint density at radius 3 is 2.71 bits per heavy atom. The lowest BCUT2D eigenvalue weighted by Gasteiger charge is -2.32. The fraction of sp³-hybridized carbons (Fsp3) is 0.929. The van der Waals surface area contributed by atoms with Crippen LogP contribution in [0.1, 0.15) is 52.9 Å². The first-order chi connectivity index (χ1) is 8.16. The van der Waals surface area contributed by atoms with Crippen LogP contribution < -0.4 is 5.32 Å². The van der Waals surface area contributed by atoms with Crippen molar-refractivity contribution in [3.05, 3.63) is 0 Å². The van der Waals surface area contributed by atoms with Crippen molar-refractivity contribution in [1.82, 2.24) is 10.2 Å². The summed E-state index contributed by atoms with van der Waals surface area (Å²) in [6, 6.07) is 0.335. The van der Waals surface area contributed by atoms with Crippen LogP contribution in [0, 0.1) is 5.92 Å². The highest BCUT2D eigenvalue weighted by Crippen LogP contribution is 2.16. The molecule has 17 heavy (non-hydrogen) atoms. The number of nitrogens with zero attached hydrogens (tertiary/aromatic N) is 1. The topological polar surface area (TPSA) is 32.3 Å². The number of unbranched alkanes of at least 4 members (excludes halogenated alkanes) is 2. The molecule has 3 heteroatoms. The Morgan fingerprint density at radius 2 is 2.18 bits per heavy atom. The van der Waals surface area contributed by atoms with Crippen LogP contribution >= 0.6 is 0 Å². The Balaban J connectivity index is 2.46. The summed E-state index contributed by atoms with van der Waals surface area (Å²) in [6.45, 7) is 9.32. The zero-order chi connectivity index (χ0) is 12.7. The van der Waals surface area contributed by atoms with E-state index >= 15 is 0 Å². The van der Waals surface area contributed by atoms with Crippen molar-refractivity contribution in [2.45, 2.75) is 58.9 Å². The van der Waals surface area contributed by atoms with E-state index in [9.17, 15) is 4.79 Å². The average Bonchev–Trinajstić information content (AvgIpc) is 2.34. The Labute approximate surface area is 106 Å². The van der Waals surface area contributed by atoms with E-state index in [0.717, 1.165) is 38.9 Å². The molecule has 0 spiro atoms. The number of amides is 1. The molecule has 0 aliphatic carbocycles. The Bertz CT molecular complexity index is 222. The predicted molar refractivity (Wildman–Crippen MR) is 72.0 cm³/mol. The van der Waals surface area contributed by atoms with Gasteiger partial charge < -0.3 is 10.2 Å². The van der Waals surface area contributed by atoms with E-state index < -0.39 is 0 Å². The summed E-state index contributed by atoms with van der Waals surface area (Å²) >= 11 is 0. The van der Waals surface area contributed by atoms with Gasteiger partial charge in [0.05, 0.1) is 5.92 Å². The van der Waals surface area contributed by atoms with Crippen LogP contribution in [0.2, 0.25) is 0 Å².